The molecule has 1 aromatic heterocycles. The van der Waals surface area contributed by atoms with Gasteiger partial charge in [-0.1, -0.05) is 6.07 Å². The number of ketones is 1. The molecule has 0 aromatic carbocycles. The molecular formula is C17H24N2O2. The number of nitrogens with zero attached hydrogens (tertiary/aromatic N) is 1. The van der Waals surface area contributed by atoms with E-state index in [9.17, 15) is 4.79 Å². The van der Waals surface area contributed by atoms with Gasteiger partial charge in [0.25, 0.3) is 0 Å². The van der Waals surface area contributed by atoms with E-state index in [-0.39, 0.29) is 5.92 Å². The van der Waals surface area contributed by atoms with Gasteiger partial charge in [-0.3, -0.25) is 9.78 Å². The Morgan fingerprint density at radius 1 is 1.33 bits per heavy atom. The number of hydrogen-bond donors (Lipinski definition) is 1. The fraction of sp³-hybridized carbons (Fsp3) is 0.647. The highest BCUT2D eigenvalue weighted by Crippen LogP contribution is 2.31. The number of fused-ring (bicyclic) bond motifs is 1. The molecule has 0 bridgehead atoms. The Labute approximate surface area is 126 Å². The van der Waals surface area contributed by atoms with Gasteiger partial charge in [-0.15, -0.1) is 0 Å². The van der Waals surface area contributed by atoms with Gasteiger partial charge in [0.05, 0.1) is 24.3 Å². The highest BCUT2D eigenvalue weighted by atomic mass is 16.5. The van der Waals surface area contributed by atoms with E-state index in [0.29, 0.717) is 24.9 Å². The topological polar surface area (TPSA) is 51.2 Å². The predicted molar refractivity (Wildman–Crippen MR) is 81.4 cm³/mol. The quantitative estimate of drug-likeness (QED) is 0.902. The second kappa shape index (κ2) is 7.14. The van der Waals surface area contributed by atoms with Crippen LogP contribution in [0.4, 0.5) is 0 Å². The van der Waals surface area contributed by atoms with Crippen LogP contribution in [0.5, 0.6) is 0 Å². The standard InChI is InChI=1S/C17H24N2O2/c20-16(8-12-21-14-6-10-18-11-7-14)15-5-1-3-13-4-2-9-19-17(13)15/h2,4,9,14-15,18H,1,3,5-8,10-12H2. The zero-order chi connectivity index (χ0) is 14.5. The first kappa shape index (κ1) is 14.7. The maximum Gasteiger partial charge on any atom is 0.144 e. The summed E-state index contributed by atoms with van der Waals surface area (Å²) < 4.78 is 5.85. The molecule has 1 fully saturated rings. The number of hydrogen-bond acceptors (Lipinski definition) is 4. The number of nitrogens with one attached hydrogen (secondary N) is 1. The third kappa shape index (κ3) is 3.69. The summed E-state index contributed by atoms with van der Waals surface area (Å²) in [5.74, 6) is 0.287. The average molecular weight is 288 g/mol. The first-order chi connectivity index (χ1) is 10.3. The summed E-state index contributed by atoms with van der Waals surface area (Å²) in [5.41, 5.74) is 2.26. The number of ether oxygens (including phenoxy) is 1. The van der Waals surface area contributed by atoms with Crippen LogP contribution in [-0.4, -0.2) is 36.6 Å². The molecule has 0 radical (unpaired) electrons. The maximum absolute atomic E-state index is 12.5. The van der Waals surface area contributed by atoms with E-state index in [2.05, 4.69) is 16.4 Å². The van der Waals surface area contributed by atoms with Crippen LogP contribution in [0.1, 0.15) is 49.3 Å². The van der Waals surface area contributed by atoms with Crippen LogP contribution in [0, 0.1) is 0 Å². The molecule has 1 aromatic rings. The van der Waals surface area contributed by atoms with E-state index in [0.717, 1.165) is 50.9 Å². The Hall–Kier alpha value is -1.26. The number of aromatic nitrogens is 1. The third-order valence-electron chi connectivity index (χ3n) is 4.57. The lowest BCUT2D eigenvalue weighted by Crippen LogP contribution is -2.33. The second-order valence-corrected chi connectivity index (χ2v) is 6.03. The number of Topliss-reactive ketones (excluding diaryl/α,β-unsaturated/α-hetero) is 1. The van der Waals surface area contributed by atoms with Crippen molar-refractivity contribution in [1.29, 1.82) is 0 Å². The third-order valence-corrected chi connectivity index (χ3v) is 4.57. The van der Waals surface area contributed by atoms with Gasteiger partial charge in [-0.05, 0) is 56.8 Å². The summed E-state index contributed by atoms with van der Waals surface area (Å²) in [6.45, 7) is 2.61. The van der Waals surface area contributed by atoms with Crippen LogP contribution in [-0.2, 0) is 16.0 Å². The Morgan fingerprint density at radius 3 is 3.05 bits per heavy atom. The highest BCUT2D eigenvalue weighted by Gasteiger charge is 2.27. The summed E-state index contributed by atoms with van der Waals surface area (Å²) in [7, 11) is 0. The molecule has 2 heterocycles. The SMILES string of the molecule is O=C(CCOC1CCNCC1)C1CCCc2cccnc21. The second-order valence-electron chi connectivity index (χ2n) is 6.03. The van der Waals surface area contributed by atoms with Crippen molar-refractivity contribution in [1.82, 2.24) is 10.3 Å². The van der Waals surface area contributed by atoms with Gasteiger partial charge in [0, 0.05) is 12.6 Å². The summed E-state index contributed by atoms with van der Waals surface area (Å²) >= 11 is 0. The summed E-state index contributed by atoms with van der Waals surface area (Å²) in [5, 5.41) is 3.32. The largest absolute Gasteiger partial charge is 0.378 e. The van der Waals surface area contributed by atoms with Crippen LogP contribution in [0.2, 0.25) is 0 Å². The molecule has 0 amide bonds. The van der Waals surface area contributed by atoms with Crippen LogP contribution in [0.3, 0.4) is 0 Å². The van der Waals surface area contributed by atoms with Gasteiger partial charge >= 0.3 is 0 Å². The van der Waals surface area contributed by atoms with E-state index in [1.165, 1.54) is 5.56 Å². The van der Waals surface area contributed by atoms with Gasteiger partial charge in [0.1, 0.15) is 5.78 Å². The molecule has 114 valence electrons. The first-order valence-corrected chi connectivity index (χ1v) is 8.13. The van der Waals surface area contributed by atoms with E-state index < -0.39 is 0 Å². The lowest BCUT2D eigenvalue weighted by atomic mass is 9.83. The summed E-state index contributed by atoms with van der Waals surface area (Å²) in [6, 6.07) is 4.07. The van der Waals surface area contributed by atoms with Crippen molar-refractivity contribution in [2.45, 2.75) is 50.5 Å². The van der Waals surface area contributed by atoms with Crippen LogP contribution >= 0.6 is 0 Å². The van der Waals surface area contributed by atoms with Crippen molar-refractivity contribution in [3.05, 3.63) is 29.6 Å². The first-order valence-electron chi connectivity index (χ1n) is 8.13. The van der Waals surface area contributed by atoms with Crippen molar-refractivity contribution in [2.75, 3.05) is 19.7 Å². The van der Waals surface area contributed by atoms with Crippen molar-refractivity contribution < 1.29 is 9.53 Å². The minimum absolute atomic E-state index is 0.00780. The normalized spacial score (nSPS) is 22.8. The summed E-state index contributed by atoms with van der Waals surface area (Å²) in [4.78, 5) is 16.9. The molecule has 1 saturated heterocycles. The average Bonchev–Trinajstić information content (AvgIpc) is 2.55. The zero-order valence-corrected chi connectivity index (χ0v) is 12.5. The molecular weight excluding hydrogens is 264 g/mol. The smallest absolute Gasteiger partial charge is 0.144 e. The highest BCUT2D eigenvalue weighted by molar-refractivity contribution is 5.85. The van der Waals surface area contributed by atoms with Crippen molar-refractivity contribution in [2.24, 2.45) is 0 Å². The number of carbonyl (C=O) groups excluding carboxylic acids is 1. The minimum atomic E-state index is -0.00780. The lowest BCUT2D eigenvalue weighted by molar-refractivity contribution is -0.122. The molecule has 1 N–H and O–H groups in total. The van der Waals surface area contributed by atoms with Crippen LogP contribution < -0.4 is 5.32 Å². The predicted octanol–water partition coefficient (Wildman–Crippen LogP) is 2.23. The molecule has 3 rings (SSSR count). The van der Waals surface area contributed by atoms with Gasteiger partial charge < -0.3 is 10.1 Å². The van der Waals surface area contributed by atoms with Gasteiger partial charge in [-0.2, -0.15) is 0 Å². The molecule has 0 spiro atoms. The maximum atomic E-state index is 12.5. The number of pyridine rings is 1. The molecule has 4 heteroatoms. The fourth-order valence-electron chi connectivity index (χ4n) is 3.39. The van der Waals surface area contributed by atoms with E-state index in [1.807, 2.05) is 6.07 Å². The Bertz CT molecular complexity index is 483. The number of rotatable bonds is 5. The number of piperidine rings is 1. The Kier molecular flexibility index (Phi) is 4.99. The van der Waals surface area contributed by atoms with E-state index in [1.54, 1.807) is 6.20 Å². The molecule has 21 heavy (non-hydrogen) atoms. The molecule has 4 nitrogen and oxygen atoms in total. The van der Waals surface area contributed by atoms with Gasteiger partial charge in [0.15, 0.2) is 0 Å². The van der Waals surface area contributed by atoms with Gasteiger partial charge in [-0.25, -0.2) is 0 Å². The summed E-state index contributed by atoms with van der Waals surface area (Å²) in [6.07, 6.45) is 7.85. The van der Waals surface area contributed by atoms with Crippen molar-refractivity contribution in [3.63, 3.8) is 0 Å². The van der Waals surface area contributed by atoms with Gasteiger partial charge in [0.2, 0.25) is 0 Å². The van der Waals surface area contributed by atoms with E-state index >= 15 is 0 Å². The molecule has 0 saturated carbocycles. The number of carbonyl (C=O) groups is 1. The molecule has 1 unspecified atom stereocenters. The molecule has 1 atom stereocenters. The molecule has 2 aliphatic rings. The monoisotopic (exact) mass is 288 g/mol. The Morgan fingerprint density at radius 2 is 2.19 bits per heavy atom. The fourth-order valence-corrected chi connectivity index (χ4v) is 3.39. The van der Waals surface area contributed by atoms with E-state index in [4.69, 9.17) is 4.74 Å². The van der Waals surface area contributed by atoms with Crippen molar-refractivity contribution in [3.8, 4) is 0 Å². The molecule has 1 aliphatic heterocycles. The minimum Gasteiger partial charge on any atom is -0.378 e. The van der Waals surface area contributed by atoms with Crippen LogP contribution in [0.15, 0.2) is 18.3 Å². The Balaban J connectivity index is 1.51. The number of aryl methyl sites for hydroxylation is 1. The van der Waals surface area contributed by atoms with Crippen LogP contribution in [0.25, 0.3) is 0 Å². The molecule has 1 aliphatic carbocycles. The van der Waals surface area contributed by atoms with Crippen molar-refractivity contribution >= 4 is 5.78 Å². The zero-order valence-electron chi connectivity index (χ0n) is 12.5. The lowest BCUT2D eigenvalue weighted by Gasteiger charge is -2.25.